The summed E-state index contributed by atoms with van der Waals surface area (Å²) >= 11 is 0. The number of anilines is 1. The molecule has 0 unspecified atom stereocenters. The summed E-state index contributed by atoms with van der Waals surface area (Å²) in [7, 11) is 0. The van der Waals surface area contributed by atoms with Crippen LogP contribution in [-0.4, -0.2) is 12.8 Å². The highest BCUT2D eigenvalue weighted by atomic mass is 19.4. The third-order valence-corrected chi connectivity index (χ3v) is 1.63. The first-order chi connectivity index (χ1) is 6.88. The summed E-state index contributed by atoms with van der Waals surface area (Å²) in [4.78, 5) is 0. The maximum Gasteiger partial charge on any atom is 0.411 e. The van der Waals surface area contributed by atoms with Crippen LogP contribution in [0.25, 0.3) is 0 Å². The van der Waals surface area contributed by atoms with Crippen molar-refractivity contribution in [3.63, 3.8) is 0 Å². The minimum Gasteiger partial charge on any atom is -0.398 e. The van der Waals surface area contributed by atoms with Crippen molar-refractivity contribution in [1.29, 1.82) is 0 Å². The normalized spacial score (nSPS) is 11.7. The van der Waals surface area contributed by atoms with Crippen molar-refractivity contribution in [2.24, 2.45) is 0 Å². The van der Waals surface area contributed by atoms with Crippen LogP contribution in [0.3, 0.4) is 0 Å². The summed E-state index contributed by atoms with van der Waals surface area (Å²) in [5.74, 6) is -0.560. The molecule has 0 aliphatic carbocycles. The minimum atomic E-state index is -4.39. The summed E-state index contributed by atoms with van der Waals surface area (Å²) in [6, 6.07) is 3.45. The minimum absolute atomic E-state index is 0.207. The van der Waals surface area contributed by atoms with Gasteiger partial charge in [0.15, 0.2) is 0 Å². The maximum absolute atomic E-state index is 12.7. The Bertz CT molecular complexity index is 337. The van der Waals surface area contributed by atoms with Gasteiger partial charge < -0.3 is 10.5 Å². The lowest BCUT2D eigenvalue weighted by Crippen LogP contribution is -2.17. The van der Waals surface area contributed by atoms with Crippen LogP contribution in [0.5, 0.6) is 0 Å². The van der Waals surface area contributed by atoms with Crippen molar-refractivity contribution < 1.29 is 22.3 Å². The molecule has 0 aliphatic rings. The molecule has 0 spiro atoms. The van der Waals surface area contributed by atoms with E-state index in [9.17, 15) is 17.6 Å². The Morgan fingerprint density at radius 2 is 1.93 bits per heavy atom. The van der Waals surface area contributed by atoms with Gasteiger partial charge in [0.25, 0.3) is 0 Å². The van der Waals surface area contributed by atoms with Gasteiger partial charge in [0.05, 0.1) is 6.61 Å². The summed E-state index contributed by atoms with van der Waals surface area (Å²) in [6.45, 7) is -1.73. The summed E-state index contributed by atoms with van der Waals surface area (Å²) in [5.41, 5.74) is 5.83. The molecule has 1 rings (SSSR count). The second kappa shape index (κ2) is 4.48. The zero-order valence-corrected chi connectivity index (χ0v) is 7.64. The van der Waals surface area contributed by atoms with E-state index in [0.29, 0.717) is 0 Å². The average Bonchev–Trinajstić information content (AvgIpc) is 2.09. The van der Waals surface area contributed by atoms with Crippen LogP contribution in [0.2, 0.25) is 0 Å². The van der Waals surface area contributed by atoms with E-state index in [1.165, 1.54) is 6.07 Å². The topological polar surface area (TPSA) is 35.2 Å². The van der Waals surface area contributed by atoms with Crippen LogP contribution >= 0.6 is 0 Å². The molecule has 0 radical (unpaired) electrons. The first-order valence-corrected chi connectivity index (χ1v) is 4.07. The quantitative estimate of drug-likeness (QED) is 0.631. The fourth-order valence-corrected chi connectivity index (χ4v) is 0.976. The van der Waals surface area contributed by atoms with E-state index in [1.54, 1.807) is 0 Å². The van der Waals surface area contributed by atoms with Gasteiger partial charge in [0, 0.05) is 11.3 Å². The molecule has 84 valence electrons. The van der Waals surface area contributed by atoms with Crippen molar-refractivity contribution in [2.45, 2.75) is 12.8 Å². The van der Waals surface area contributed by atoms with Crippen LogP contribution in [0.15, 0.2) is 18.2 Å². The van der Waals surface area contributed by atoms with Gasteiger partial charge in [-0.2, -0.15) is 13.2 Å². The SMILES string of the molecule is Nc1ccc(F)cc1COCC(F)(F)F. The predicted molar refractivity (Wildman–Crippen MR) is 46.5 cm³/mol. The molecule has 0 amide bonds. The molecule has 0 saturated heterocycles. The number of ether oxygens (including phenoxy) is 1. The Labute approximate surface area is 83.6 Å². The molecule has 0 aliphatic heterocycles. The molecule has 0 bridgehead atoms. The molecule has 2 nitrogen and oxygen atoms in total. The first-order valence-electron chi connectivity index (χ1n) is 4.07. The van der Waals surface area contributed by atoms with Crippen LogP contribution in [0, 0.1) is 5.82 Å². The predicted octanol–water partition coefficient (Wildman–Crippen LogP) is 2.49. The molecule has 0 aromatic heterocycles. The van der Waals surface area contributed by atoms with Crippen LogP contribution in [0.1, 0.15) is 5.56 Å². The van der Waals surface area contributed by atoms with Gasteiger partial charge in [0.1, 0.15) is 12.4 Å². The monoisotopic (exact) mass is 223 g/mol. The van der Waals surface area contributed by atoms with E-state index < -0.39 is 18.6 Å². The van der Waals surface area contributed by atoms with Crippen LogP contribution in [0.4, 0.5) is 23.2 Å². The van der Waals surface area contributed by atoms with E-state index >= 15 is 0 Å². The number of rotatable bonds is 3. The van der Waals surface area contributed by atoms with Gasteiger partial charge in [-0.1, -0.05) is 0 Å². The lowest BCUT2D eigenvalue weighted by molar-refractivity contribution is -0.176. The molecule has 15 heavy (non-hydrogen) atoms. The molecule has 2 N–H and O–H groups in total. The average molecular weight is 223 g/mol. The van der Waals surface area contributed by atoms with Gasteiger partial charge in [-0.25, -0.2) is 4.39 Å². The second-order valence-corrected chi connectivity index (χ2v) is 2.95. The summed E-state index contributed by atoms with van der Waals surface area (Å²) in [6.07, 6.45) is -4.39. The Kier molecular flexibility index (Phi) is 3.52. The van der Waals surface area contributed by atoms with Gasteiger partial charge in [-0.05, 0) is 18.2 Å². The molecule has 0 heterocycles. The third-order valence-electron chi connectivity index (χ3n) is 1.63. The Morgan fingerprint density at radius 3 is 2.53 bits per heavy atom. The largest absolute Gasteiger partial charge is 0.411 e. The number of alkyl halides is 3. The number of hydrogen-bond donors (Lipinski definition) is 1. The number of nitrogen functional groups attached to an aromatic ring is 1. The van der Waals surface area contributed by atoms with Crippen molar-refractivity contribution in [3.05, 3.63) is 29.6 Å². The van der Waals surface area contributed by atoms with Gasteiger partial charge in [-0.3, -0.25) is 0 Å². The number of hydrogen-bond acceptors (Lipinski definition) is 2. The number of nitrogens with two attached hydrogens (primary N) is 1. The molecule has 1 aromatic rings. The fraction of sp³-hybridized carbons (Fsp3) is 0.333. The van der Waals surface area contributed by atoms with Crippen LogP contribution in [-0.2, 0) is 11.3 Å². The lowest BCUT2D eigenvalue weighted by atomic mass is 10.2. The highest BCUT2D eigenvalue weighted by Gasteiger charge is 2.27. The zero-order valence-electron chi connectivity index (χ0n) is 7.64. The van der Waals surface area contributed by atoms with Crippen molar-refractivity contribution >= 4 is 5.69 Å². The highest BCUT2D eigenvalue weighted by molar-refractivity contribution is 5.46. The first kappa shape index (κ1) is 11.8. The smallest absolute Gasteiger partial charge is 0.398 e. The van der Waals surface area contributed by atoms with Gasteiger partial charge >= 0.3 is 6.18 Å². The lowest BCUT2D eigenvalue weighted by Gasteiger charge is -2.09. The molecule has 0 saturated carbocycles. The van der Waals surface area contributed by atoms with E-state index in [1.807, 2.05) is 0 Å². The summed E-state index contributed by atoms with van der Waals surface area (Å²) in [5, 5.41) is 0. The van der Waals surface area contributed by atoms with E-state index in [-0.39, 0.29) is 17.9 Å². The molecule has 0 atom stereocenters. The molecular formula is C9H9F4NO. The fourth-order valence-electron chi connectivity index (χ4n) is 0.976. The van der Waals surface area contributed by atoms with Gasteiger partial charge in [-0.15, -0.1) is 0 Å². The van der Waals surface area contributed by atoms with Crippen molar-refractivity contribution in [1.82, 2.24) is 0 Å². The van der Waals surface area contributed by atoms with E-state index in [2.05, 4.69) is 4.74 Å². The molecule has 6 heteroatoms. The Morgan fingerprint density at radius 1 is 1.27 bits per heavy atom. The van der Waals surface area contributed by atoms with Gasteiger partial charge in [0.2, 0.25) is 0 Å². The second-order valence-electron chi connectivity index (χ2n) is 2.95. The molecule has 1 aromatic carbocycles. The van der Waals surface area contributed by atoms with E-state index in [4.69, 9.17) is 5.73 Å². The number of halogens is 4. The Hall–Kier alpha value is -1.30. The standard InChI is InChI=1S/C9H9F4NO/c10-7-1-2-8(14)6(3-7)4-15-5-9(11,12)13/h1-3H,4-5,14H2. The highest BCUT2D eigenvalue weighted by Crippen LogP contribution is 2.18. The summed E-state index contributed by atoms with van der Waals surface area (Å²) < 4.78 is 52.1. The third kappa shape index (κ3) is 4.16. The van der Waals surface area contributed by atoms with Crippen molar-refractivity contribution in [2.75, 3.05) is 12.3 Å². The zero-order chi connectivity index (χ0) is 11.5. The molecule has 0 fully saturated rings. The Balaban J connectivity index is 2.54. The maximum atomic E-state index is 12.7. The van der Waals surface area contributed by atoms with E-state index in [0.717, 1.165) is 12.1 Å². The number of benzene rings is 1. The van der Waals surface area contributed by atoms with Crippen LogP contribution < -0.4 is 5.73 Å². The molecular weight excluding hydrogens is 214 g/mol. The van der Waals surface area contributed by atoms with Crippen molar-refractivity contribution in [3.8, 4) is 0 Å².